The SMILES string of the molecule is C=C(C)C1CCC(C)=CC1c1c(O)cc(CCCCCC)cc1O. The highest BCUT2D eigenvalue weighted by molar-refractivity contribution is 5.51. The van der Waals surface area contributed by atoms with Gasteiger partial charge < -0.3 is 10.2 Å². The molecule has 2 nitrogen and oxygen atoms in total. The molecule has 1 aromatic rings. The van der Waals surface area contributed by atoms with Crippen molar-refractivity contribution < 1.29 is 10.2 Å². The third-order valence-corrected chi connectivity index (χ3v) is 5.23. The van der Waals surface area contributed by atoms with E-state index in [0.29, 0.717) is 5.56 Å². The Morgan fingerprint density at radius 3 is 2.42 bits per heavy atom. The maximum atomic E-state index is 10.6. The predicted molar refractivity (Wildman–Crippen MR) is 102 cm³/mol. The monoisotopic (exact) mass is 328 g/mol. The van der Waals surface area contributed by atoms with Crippen LogP contribution in [0.4, 0.5) is 0 Å². The lowest BCUT2D eigenvalue weighted by Crippen LogP contribution is -2.17. The first kappa shape index (κ1) is 18.6. The van der Waals surface area contributed by atoms with Gasteiger partial charge in [-0.05, 0) is 63.1 Å². The van der Waals surface area contributed by atoms with Crippen molar-refractivity contribution in [1.82, 2.24) is 0 Å². The number of aromatic hydroxyl groups is 2. The topological polar surface area (TPSA) is 40.5 Å². The minimum Gasteiger partial charge on any atom is -0.507 e. The lowest BCUT2D eigenvalue weighted by Gasteiger charge is -2.31. The van der Waals surface area contributed by atoms with Gasteiger partial charge in [0.05, 0.1) is 0 Å². The number of aryl methyl sites for hydroxylation is 1. The van der Waals surface area contributed by atoms with Crippen LogP contribution < -0.4 is 0 Å². The number of phenolic OH excluding ortho intramolecular Hbond substituents is 2. The van der Waals surface area contributed by atoms with Crippen molar-refractivity contribution in [1.29, 1.82) is 0 Å². The summed E-state index contributed by atoms with van der Waals surface area (Å²) in [5.74, 6) is 0.747. The van der Waals surface area contributed by atoms with E-state index in [9.17, 15) is 10.2 Å². The predicted octanol–water partition coefficient (Wildman–Crippen LogP) is 6.24. The maximum absolute atomic E-state index is 10.6. The molecule has 132 valence electrons. The van der Waals surface area contributed by atoms with Crippen LogP contribution >= 0.6 is 0 Å². The number of unbranched alkanes of at least 4 members (excludes halogenated alkanes) is 3. The molecular weight excluding hydrogens is 296 g/mol. The Balaban J connectivity index is 2.26. The number of rotatable bonds is 7. The highest BCUT2D eigenvalue weighted by Crippen LogP contribution is 2.46. The van der Waals surface area contributed by atoms with Crippen molar-refractivity contribution in [3.8, 4) is 11.5 Å². The molecule has 1 aromatic carbocycles. The molecule has 1 aliphatic carbocycles. The van der Waals surface area contributed by atoms with Crippen molar-refractivity contribution in [2.45, 2.75) is 71.6 Å². The largest absolute Gasteiger partial charge is 0.507 e. The molecule has 0 amide bonds. The second-order valence-electron chi connectivity index (χ2n) is 7.39. The van der Waals surface area contributed by atoms with Crippen molar-refractivity contribution in [3.05, 3.63) is 47.1 Å². The first-order chi connectivity index (χ1) is 11.4. The van der Waals surface area contributed by atoms with Crippen molar-refractivity contribution >= 4 is 0 Å². The van der Waals surface area contributed by atoms with E-state index in [-0.39, 0.29) is 23.3 Å². The lowest BCUT2D eigenvalue weighted by molar-refractivity contribution is 0.406. The molecule has 0 spiro atoms. The van der Waals surface area contributed by atoms with Gasteiger partial charge in [-0.15, -0.1) is 0 Å². The Kier molecular flexibility index (Phi) is 6.53. The first-order valence-electron chi connectivity index (χ1n) is 9.31. The highest BCUT2D eigenvalue weighted by Gasteiger charge is 2.30. The summed E-state index contributed by atoms with van der Waals surface area (Å²) in [6.07, 6.45) is 9.94. The van der Waals surface area contributed by atoms with Crippen LogP contribution in [0.1, 0.15) is 76.3 Å². The molecular formula is C22H32O2. The summed E-state index contributed by atoms with van der Waals surface area (Å²) in [5, 5.41) is 21.2. The molecule has 2 unspecified atom stereocenters. The molecule has 0 heterocycles. The molecule has 0 saturated heterocycles. The van der Waals surface area contributed by atoms with Gasteiger partial charge in [0.2, 0.25) is 0 Å². The molecule has 2 N–H and O–H groups in total. The summed E-state index contributed by atoms with van der Waals surface area (Å²) in [7, 11) is 0. The molecule has 2 rings (SSSR count). The van der Waals surface area contributed by atoms with Gasteiger partial charge in [0.1, 0.15) is 11.5 Å². The average molecular weight is 328 g/mol. The Labute approximate surface area is 146 Å². The van der Waals surface area contributed by atoms with Gasteiger partial charge in [-0.3, -0.25) is 0 Å². The van der Waals surface area contributed by atoms with E-state index in [0.717, 1.165) is 36.8 Å². The summed E-state index contributed by atoms with van der Waals surface area (Å²) in [5.41, 5.74) is 4.12. The number of hydrogen-bond donors (Lipinski definition) is 2. The van der Waals surface area contributed by atoms with Crippen LogP contribution in [-0.4, -0.2) is 10.2 Å². The Morgan fingerprint density at radius 2 is 1.83 bits per heavy atom. The highest BCUT2D eigenvalue weighted by atomic mass is 16.3. The lowest BCUT2D eigenvalue weighted by atomic mass is 9.73. The first-order valence-corrected chi connectivity index (χ1v) is 9.31. The second-order valence-corrected chi connectivity index (χ2v) is 7.39. The molecule has 0 aliphatic heterocycles. The van der Waals surface area contributed by atoms with Crippen molar-refractivity contribution in [3.63, 3.8) is 0 Å². The van der Waals surface area contributed by atoms with Crippen LogP contribution in [-0.2, 0) is 6.42 Å². The molecule has 0 aromatic heterocycles. The average Bonchev–Trinajstić information content (AvgIpc) is 2.51. The maximum Gasteiger partial charge on any atom is 0.123 e. The number of benzene rings is 1. The van der Waals surface area contributed by atoms with Crippen LogP contribution in [0.2, 0.25) is 0 Å². The van der Waals surface area contributed by atoms with E-state index in [4.69, 9.17) is 0 Å². The molecule has 0 saturated carbocycles. The van der Waals surface area contributed by atoms with Gasteiger partial charge in [0.15, 0.2) is 0 Å². The molecule has 2 atom stereocenters. The fourth-order valence-electron chi connectivity index (χ4n) is 3.83. The van der Waals surface area contributed by atoms with Gasteiger partial charge >= 0.3 is 0 Å². The zero-order chi connectivity index (χ0) is 17.7. The Bertz CT molecular complexity index is 589. The smallest absolute Gasteiger partial charge is 0.123 e. The molecule has 0 radical (unpaired) electrons. The summed E-state index contributed by atoms with van der Waals surface area (Å²) >= 11 is 0. The Hall–Kier alpha value is -1.70. The van der Waals surface area contributed by atoms with E-state index in [2.05, 4.69) is 26.5 Å². The normalized spacial score (nSPS) is 20.7. The third-order valence-electron chi connectivity index (χ3n) is 5.23. The fourth-order valence-corrected chi connectivity index (χ4v) is 3.83. The number of allylic oxidation sites excluding steroid dienone is 3. The number of hydrogen-bond acceptors (Lipinski definition) is 2. The molecule has 24 heavy (non-hydrogen) atoms. The van der Waals surface area contributed by atoms with E-state index in [1.54, 1.807) is 0 Å². The zero-order valence-electron chi connectivity index (χ0n) is 15.4. The van der Waals surface area contributed by atoms with E-state index >= 15 is 0 Å². The van der Waals surface area contributed by atoms with E-state index in [1.165, 1.54) is 24.8 Å². The molecule has 0 bridgehead atoms. The summed E-state index contributed by atoms with van der Waals surface area (Å²) < 4.78 is 0. The van der Waals surface area contributed by atoms with Crippen molar-refractivity contribution in [2.75, 3.05) is 0 Å². The zero-order valence-corrected chi connectivity index (χ0v) is 15.4. The minimum absolute atomic E-state index is 0.0189. The van der Waals surface area contributed by atoms with Crippen LogP contribution in [0.3, 0.4) is 0 Å². The van der Waals surface area contributed by atoms with Gasteiger partial charge in [0.25, 0.3) is 0 Å². The fraction of sp³-hybridized carbons (Fsp3) is 0.545. The second kappa shape index (κ2) is 8.41. The van der Waals surface area contributed by atoms with Crippen LogP contribution in [0.15, 0.2) is 35.9 Å². The Morgan fingerprint density at radius 1 is 1.17 bits per heavy atom. The summed E-state index contributed by atoms with van der Waals surface area (Å²) in [6.45, 7) is 10.5. The van der Waals surface area contributed by atoms with Gasteiger partial charge in [-0.25, -0.2) is 0 Å². The molecule has 2 heteroatoms. The van der Waals surface area contributed by atoms with Crippen molar-refractivity contribution in [2.24, 2.45) is 5.92 Å². The van der Waals surface area contributed by atoms with Gasteiger partial charge in [-0.2, -0.15) is 0 Å². The minimum atomic E-state index is 0.0189. The third kappa shape index (κ3) is 4.43. The van der Waals surface area contributed by atoms with E-state index in [1.807, 2.05) is 19.1 Å². The summed E-state index contributed by atoms with van der Waals surface area (Å²) in [6, 6.07) is 3.68. The standard InChI is InChI=1S/C22H32O2/c1-5-6-7-8-9-17-13-20(23)22(21(24)14-17)19-12-16(4)10-11-18(19)15(2)3/h12-14,18-19,23-24H,2,5-11H2,1,3-4H3. The quantitative estimate of drug-likeness (QED) is 0.459. The van der Waals surface area contributed by atoms with Crippen LogP contribution in [0.25, 0.3) is 0 Å². The van der Waals surface area contributed by atoms with Gasteiger partial charge in [0, 0.05) is 11.5 Å². The summed E-state index contributed by atoms with van der Waals surface area (Å²) in [4.78, 5) is 0. The number of phenols is 2. The molecule has 0 fully saturated rings. The van der Waals surface area contributed by atoms with E-state index < -0.39 is 0 Å². The molecule has 1 aliphatic rings. The van der Waals surface area contributed by atoms with Gasteiger partial charge in [-0.1, -0.05) is 50.0 Å². The van der Waals surface area contributed by atoms with Crippen LogP contribution in [0.5, 0.6) is 11.5 Å². The van der Waals surface area contributed by atoms with Crippen LogP contribution in [0, 0.1) is 5.92 Å².